The highest BCUT2D eigenvalue weighted by Crippen LogP contribution is 2.30. The molecule has 0 bridgehead atoms. The molecule has 5 unspecified atom stereocenters. The van der Waals surface area contributed by atoms with Crippen molar-refractivity contribution < 1.29 is 48.9 Å². The van der Waals surface area contributed by atoms with Crippen LogP contribution in [0.1, 0.15) is 38.5 Å². The lowest BCUT2D eigenvalue weighted by Crippen LogP contribution is -2.64. The lowest BCUT2D eigenvalue weighted by molar-refractivity contribution is -0.253. The molecule has 1 amide bonds. The molecule has 5 N–H and O–H groups in total. The van der Waals surface area contributed by atoms with Crippen molar-refractivity contribution in [1.82, 2.24) is 5.32 Å². The second-order valence-corrected chi connectivity index (χ2v) is 12.5. The van der Waals surface area contributed by atoms with E-state index in [1.165, 1.54) is 19.3 Å². The average molecular weight is 661 g/mol. The van der Waals surface area contributed by atoms with Gasteiger partial charge in [-0.25, -0.2) is 0 Å². The van der Waals surface area contributed by atoms with E-state index < -0.39 is 43.2 Å². The summed E-state index contributed by atoms with van der Waals surface area (Å²) in [7, 11) is 3.63. The van der Waals surface area contributed by atoms with Crippen LogP contribution in [0.5, 0.6) is 0 Å². The summed E-state index contributed by atoms with van der Waals surface area (Å²) in [6.45, 7) is 2.69. The van der Waals surface area contributed by atoms with Crippen LogP contribution in [0.25, 0.3) is 0 Å². The van der Waals surface area contributed by atoms with Crippen molar-refractivity contribution in [1.29, 1.82) is 0 Å². The van der Waals surface area contributed by atoms with Gasteiger partial charge in [0.1, 0.15) is 24.4 Å². The van der Waals surface area contributed by atoms with Crippen LogP contribution in [-0.2, 0) is 28.5 Å². The predicted octanol–water partition coefficient (Wildman–Crippen LogP) is 1.28. The smallest absolute Gasteiger partial charge is 0.222 e. The van der Waals surface area contributed by atoms with Gasteiger partial charge in [0.25, 0.3) is 0 Å². The fourth-order valence-corrected chi connectivity index (χ4v) is 6.09. The van der Waals surface area contributed by atoms with Crippen molar-refractivity contribution in [2.75, 3.05) is 71.0 Å². The number of halogens is 1. The Bertz CT molecular complexity index is 787. The van der Waals surface area contributed by atoms with E-state index in [1.54, 1.807) is 10.8 Å². The number of nitrogens with one attached hydrogen (secondary N) is 1. The zero-order valence-corrected chi connectivity index (χ0v) is 26.1. The molecule has 1 heterocycles. The highest BCUT2D eigenvalue weighted by molar-refractivity contribution is 8.76. The third-order valence-electron chi connectivity index (χ3n) is 6.66. The van der Waals surface area contributed by atoms with Gasteiger partial charge in [-0.05, 0) is 36.8 Å². The van der Waals surface area contributed by atoms with E-state index in [2.05, 4.69) is 20.3 Å². The first kappa shape index (κ1) is 37.6. The predicted molar refractivity (Wildman–Crippen MR) is 159 cm³/mol. The SMILES string of the molecule is O=C(CCOCCOCCOCCOCCSSCCC/C(=N\N=N\Cl)C1CCC1)NC1C(O)OC(CO)C(O)C1O. The van der Waals surface area contributed by atoms with Crippen LogP contribution in [0.3, 0.4) is 0 Å². The van der Waals surface area contributed by atoms with Gasteiger partial charge in [-0.1, -0.05) is 32.6 Å². The normalized spacial score (nSPS) is 25.2. The van der Waals surface area contributed by atoms with Gasteiger partial charge >= 0.3 is 0 Å². The second-order valence-electron chi connectivity index (χ2n) is 9.65. The van der Waals surface area contributed by atoms with Crippen LogP contribution in [0.15, 0.2) is 15.0 Å². The Hall–Kier alpha value is -0.630. The van der Waals surface area contributed by atoms with Crippen LogP contribution in [0, 0.1) is 5.92 Å². The maximum absolute atomic E-state index is 12.0. The maximum Gasteiger partial charge on any atom is 0.222 e. The number of hydrogen-bond acceptors (Lipinski definition) is 14. The molecule has 1 aliphatic heterocycles. The summed E-state index contributed by atoms with van der Waals surface area (Å²) in [4.78, 5) is 12.0. The molecule has 1 aliphatic carbocycles. The molecule has 2 aliphatic rings. The summed E-state index contributed by atoms with van der Waals surface area (Å²) in [5, 5.41) is 49.0. The molecule has 0 aromatic rings. The Labute approximate surface area is 259 Å². The van der Waals surface area contributed by atoms with E-state index in [0.717, 1.165) is 30.1 Å². The van der Waals surface area contributed by atoms with E-state index >= 15 is 0 Å². The minimum absolute atomic E-state index is 0.0181. The van der Waals surface area contributed by atoms with Gasteiger partial charge in [0.15, 0.2) is 6.29 Å². The fraction of sp³-hybridized carbons (Fsp3) is 0.920. The Morgan fingerprint density at radius 2 is 1.50 bits per heavy atom. The molecule has 5 atom stereocenters. The first-order valence-corrected chi connectivity index (χ1v) is 17.0. The minimum Gasteiger partial charge on any atom is -0.394 e. The van der Waals surface area contributed by atoms with Crippen molar-refractivity contribution in [2.24, 2.45) is 20.9 Å². The van der Waals surface area contributed by atoms with Crippen molar-refractivity contribution in [3.8, 4) is 0 Å². The van der Waals surface area contributed by atoms with Crippen LogP contribution in [0.4, 0.5) is 0 Å². The monoisotopic (exact) mass is 660 g/mol. The first-order chi connectivity index (χ1) is 20.5. The lowest BCUT2D eigenvalue weighted by atomic mass is 9.80. The molecule has 2 fully saturated rings. The number of carbonyl (C=O) groups is 1. The highest BCUT2D eigenvalue weighted by atomic mass is 35.5. The quantitative estimate of drug-likeness (QED) is 0.0328. The summed E-state index contributed by atoms with van der Waals surface area (Å²) < 4.78 is 30.0. The molecule has 14 nitrogen and oxygen atoms in total. The minimum atomic E-state index is -1.55. The van der Waals surface area contributed by atoms with Crippen molar-refractivity contribution in [3.63, 3.8) is 0 Å². The summed E-state index contributed by atoms with van der Waals surface area (Å²) in [5.74, 6) is 2.02. The van der Waals surface area contributed by atoms with Crippen molar-refractivity contribution in [3.05, 3.63) is 0 Å². The van der Waals surface area contributed by atoms with Crippen LogP contribution >= 0.6 is 33.4 Å². The Morgan fingerprint density at radius 1 is 0.881 bits per heavy atom. The van der Waals surface area contributed by atoms with E-state index in [1.807, 2.05) is 10.8 Å². The molecule has 0 spiro atoms. The van der Waals surface area contributed by atoms with E-state index in [4.69, 9.17) is 40.6 Å². The number of rotatable bonds is 24. The molecule has 17 heteroatoms. The molecule has 0 radical (unpaired) electrons. The van der Waals surface area contributed by atoms with Gasteiger partial charge in [-0.3, -0.25) is 4.79 Å². The Balaban J connectivity index is 1.31. The second kappa shape index (κ2) is 23.7. The van der Waals surface area contributed by atoms with Crippen LogP contribution in [0.2, 0.25) is 0 Å². The maximum atomic E-state index is 12.0. The Kier molecular flexibility index (Phi) is 21.2. The van der Waals surface area contributed by atoms with Crippen molar-refractivity contribution in [2.45, 2.75) is 69.2 Å². The molecular formula is C25H45ClN4O10S2. The first-order valence-electron chi connectivity index (χ1n) is 14.2. The zero-order chi connectivity index (χ0) is 30.4. The molecule has 0 aromatic carbocycles. The van der Waals surface area contributed by atoms with Crippen LogP contribution < -0.4 is 5.32 Å². The van der Waals surface area contributed by atoms with Gasteiger partial charge in [0.2, 0.25) is 5.91 Å². The zero-order valence-electron chi connectivity index (χ0n) is 23.8. The number of aliphatic hydroxyl groups excluding tert-OH is 4. The van der Waals surface area contributed by atoms with Gasteiger partial charge in [0.05, 0.1) is 71.2 Å². The summed E-state index contributed by atoms with van der Waals surface area (Å²) in [5.41, 5.74) is 1.12. The van der Waals surface area contributed by atoms with Gasteiger partial charge in [0, 0.05) is 23.6 Å². The molecular weight excluding hydrogens is 616 g/mol. The van der Waals surface area contributed by atoms with Crippen molar-refractivity contribution >= 4 is 45.0 Å². The molecule has 244 valence electrons. The topological polar surface area (TPSA) is 193 Å². The number of ether oxygens (including phenoxy) is 5. The third kappa shape index (κ3) is 15.4. The van der Waals surface area contributed by atoms with E-state index in [9.17, 15) is 20.1 Å². The Morgan fingerprint density at radius 3 is 2.10 bits per heavy atom. The number of aliphatic hydroxyl groups is 4. The van der Waals surface area contributed by atoms with Gasteiger partial charge < -0.3 is 49.4 Å². The number of amides is 1. The van der Waals surface area contributed by atoms with E-state index in [-0.39, 0.29) is 19.6 Å². The summed E-state index contributed by atoms with van der Waals surface area (Å²) in [6, 6.07) is -1.21. The van der Waals surface area contributed by atoms with E-state index in [0.29, 0.717) is 45.6 Å². The lowest BCUT2D eigenvalue weighted by Gasteiger charge is -2.40. The fourth-order valence-electron chi connectivity index (χ4n) is 4.11. The highest BCUT2D eigenvalue weighted by Gasteiger charge is 2.44. The van der Waals surface area contributed by atoms with Gasteiger partial charge in [-0.15, -0.1) is 5.10 Å². The van der Waals surface area contributed by atoms with Gasteiger partial charge in [-0.2, -0.15) is 0 Å². The number of hydrogen-bond donors (Lipinski definition) is 5. The molecule has 42 heavy (non-hydrogen) atoms. The van der Waals surface area contributed by atoms with Crippen LogP contribution in [-0.4, -0.2) is 134 Å². The average Bonchev–Trinajstić information content (AvgIpc) is 2.95. The molecule has 2 rings (SSSR count). The number of carbonyl (C=O) groups excluding carboxylic acids is 1. The third-order valence-corrected chi connectivity index (χ3v) is 9.18. The largest absolute Gasteiger partial charge is 0.394 e. The number of nitrogens with zero attached hydrogens (tertiary/aromatic N) is 3. The standard InChI is InChI=1S/C25H45ClN4O10S2/c26-29-30-28-19(18-3-1-4-18)5-2-15-41-42-16-14-39-13-12-38-11-10-37-9-8-36-7-6-21(32)27-22-24(34)23(33)20(17-31)40-25(22)35/h18,20,22-25,31,33-35H,1-17H2,(H,27,32)/b28-19+,30-29+. The molecule has 1 saturated heterocycles. The molecule has 1 saturated carbocycles. The molecule has 0 aromatic heterocycles. The summed E-state index contributed by atoms with van der Waals surface area (Å²) >= 11 is 5.25. The summed E-state index contributed by atoms with van der Waals surface area (Å²) in [6.07, 6.45) is 0.0185.